The van der Waals surface area contributed by atoms with Gasteiger partial charge in [-0.25, -0.2) is 14.4 Å². The maximum absolute atomic E-state index is 15.3. The minimum atomic E-state index is -3.58. The highest BCUT2D eigenvalue weighted by Crippen LogP contribution is 2.50. The minimum absolute atomic E-state index is 0.0196. The predicted molar refractivity (Wildman–Crippen MR) is 404 cm³/mol. The number of nitrogens with zero attached hydrogens (tertiary/aromatic N) is 4. The van der Waals surface area contributed by atoms with E-state index < -0.39 is 83.0 Å². The number of amides is 2. The van der Waals surface area contributed by atoms with Crippen LogP contribution in [0.15, 0.2) is 152 Å². The van der Waals surface area contributed by atoms with Crippen molar-refractivity contribution in [3.05, 3.63) is 179 Å². The van der Waals surface area contributed by atoms with Crippen molar-refractivity contribution in [1.29, 1.82) is 0 Å². The second-order valence-corrected chi connectivity index (χ2v) is 29.9. The summed E-state index contributed by atoms with van der Waals surface area (Å²) in [5.41, 5.74) is -7.78. The van der Waals surface area contributed by atoms with E-state index in [1.165, 1.54) is 72.8 Å². The van der Waals surface area contributed by atoms with Crippen LogP contribution in [-0.4, -0.2) is 208 Å². The zero-order chi connectivity index (χ0) is 76.4. The summed E-state index contributed by atoms with van der Waals surface area (Å²) in [5, 5.41) is 43.0. The van der Waals surface area contributed by atoms with E-state index >= 15 is 9.59 Å². The molecule has 5 atom stereocenters. The number of ketones is 2. The molecule has 0 aromatic heterocycles. The molecule has 2 saturated heterocycles. The van der Waals surface area contributed by atoms with E-state index in [1.807, 2.05) is 81.7 Å². The van der Waals surface area contributed by atoms with Crippen LogP contribution < -0.4 is 5.32 Å². The van der Waals surface area contributed by atoms with Gasteiger partial charge >= 0.3 is 30.0 Å². The Labute approximate surface area is 626 Å². The van der Waals surface area contributed by atoms with Crippen LogP contribution in [0.2, 0.25) is 0 Å². The van der Waals surface area contributed by atoms with E-state index in [-0.39, 0.29) is 66.2 Å². The zero-order valence-corrected chi connectivity index (χ0v) is 63.3. The number of carbonyl (C=O) groups is 8. The molecule has 578 valence electrons. The molecule has 0 radical (unpaired) electrons. The van der Waals surface area contributed by atoms with Gasteiger partial charge < -0.3 is 58.9 Å². The molecule has 0 saturated carbocycles. The molecule has 5 aromatic rings. The first-order valence-electron chi connectivity index (χ1n) is 38.1. The highest BCUT2D eigenvalue weighted by molar-refractivity contribution is 6.13. The quantitative estimate of drug-likeness (QED) is 0.0125. The fourth-order valence-corrected chi connectivity index (χ4v) is 13.6. The number of ether oxygens (including phenoxy) is 6. The Balaban J connectivity index is 0.980. The van der Waals surface area contributed by atoms with E-state index in [9.17, 15) is 44.1 Å². The molecule has 2 heterocycles. The van der Waals surface area contributed by atoms with Crippen LogP contribution in [0.1, 0.15) is 211 Å². The van der Waals surface area contributed by atoms with E-state index in [0.717, 1.165) is 95.8 Å². The highest BCUT2D eigenvalue weighted by atomic mass is 16.7. The average molecular weight is 1470 g/mol. The molecule has 0 bridgehead atoms. The number of esters is 4. The topological polar surface area (TPSA) is 278 Å². The van der Waals surface area contributed by atoms with Gasteiger partial charge in [-0.2, -0.15) is 0 Å². The summed E-state index contributed by atoms with van der Waals surface area (Å²) in [5.74, 6) is -8.24. The lowest BCUT2D eigenvalue weighted by Crippen LogP contribution is -2.84. The summed E-state index contributed by atoms with van der Waals surface area (Å²) < 4.78 is 35.0. The molecule has 7 rings (SSSR count). The number of alkyl carbamates (subject to hydrolysis) is 1. The first kappa shape index (κ1) is 85.0. The number of rotatable bonds is 36. The third-order valence-electron chi connectivity index (χ3n) is 19.0. The molecule has 4 N–H and O–H groups in total. The summed E-state index contributed by atoms with van der Waals surface area (Å²) in [4.78, 5) is 120. The van der Waals surface area contributed by atoms with Crippen molar-refractivity contribution in [2.45, 2.75) is 211 Å². The van der Waals surface area contributed by atoms with Gasteiger partial charge in [0, 0.05) is 76.3 Å². The van der Waals surface area contributed by atoms with E-state index in [1.54, 1.807) is 48.5 Å². The van der Waals surface area contributed by atoms with Gasteiger partial charge in [0.25, 0.3) is 0 Å². The third kappa shape index (κ3) is 27.2. The van der Waals surface area contributed by atoms with Crippen molar-refractivity contribution in [2.75, 3.05) is 85.1 Å². The second-order valence-electron chi connectivity index (χ2n) is 29.9. The summed E-state index contributed by atoms with van der Waals surface area (Å²) >= 11 is 0. The normalized spacial score (nSPS) is 20.3. The Kier molecular flexibility index (Phi) is 34.5. The lowest BCUT2D eigenvalue weighted by Gasteiger charge is -2.57. The molecule has 106 heavy (non-hydrogen) atoms. The number of Topliss-reactive ketones (excluding diaryl/α,β-unsaturated/α-hetero) is 2. The van der Waals surface area contributed by atoms with Gasteiger partial charge in [0.1, 0.15) is 30.5 Å². The molecular weight excluding hydrogens is 1350 g/mol. The zero-order valence-electron chi connectivity index (χ0n) is 63.3. The van der Waals surface area contributed by atoms with E-state index in [2.05, 4.69) is 15.1 Å². The number of nitrogens with one attached hydrogen (secondary N) is 1. The van der Waals surface area contributed by atoms with Gasteiger partial charge in [0.05, 0.1) is 24.2 Å². The molecule has 2 amide bonds. The van der Waals surface area contributed by atoms with Crippen molar-refractivity contribution in [1.82, 2.24) is 24.9 Å². The molecule has 2 aliphatic heterocycles. The number of hydrogen-bond donors (Lipinski definition) is 4. The standard InChI is InChI=1S/C84H115N5O17/c1-80(2,3)105-72(91)61-87-54-37-55-88(62-73(92)106-81(4,5)6)59-60-89(56-38-53-86(57-58-87)52-36-17-13-8-7-12-16-35-51-85-79(97)102-63-65-39-23-18-24-40-65)71(90)49-33-14-10-9-11-15-34-50-82(98)84(100,75(94)67-43-27-20-28-44-67)83(99,74(93)66-41-25-19-26-42-66)76(103-78(96)69-47-31-22-32-48-69)70(104-82)64-101-77(95)68-45-29-21-30-46-68/h18-32,39-48,70,76,98-100H,7-17,33-38,49-64H2,1-6H3,(H,85,97)/t70-,76-,82+,83+,84+/m1/s1. The third-order valence-corrected chi connectivity index (χ3v) is 19.0. The number of hydrogen-bond acceptors (Lipinski definition) is 20. The van der Waals surface area contributed by atoms with Gasteiger partial charge in [0.2, 0.25) is 34.5 Å². The van der Waals surface area contributed by atoms with Crippen molar-refractivity contribution >= 4 is 47.4 Å². The number of unbranched alkanes of at least 4 members (excludes halogenated alkanes) is 13. The van der Waals surface area contributed by atoms with Crippen LogP contribution in [0.3, 0.4) is 0 Å². The Hall–Kier alpha value is -8.22. The van der Waals surface area contributed by atoms with Crippen molar-refractivity contribution in [3.8, 4) is 0 Å². The highest BCUT2D eigenvalue weighted by Gasteiger charge is 2.78. The first-order valence-corrected chi connectivity index (χ1v) is 38.1. The monoisotopic (exact) mass is 1470 g/mol. The molecule has 0 spiro atoms. The van der Waals surface area contributed by atoms with Crippen LogP contribution in [0.4, 0.5) is 4.79 Å². The van der Waals surface area contributed by atoms with Crippen molar-refractivity contribution in [3.63, 3.8) is 0 Å². The second kappa shape index (κ2) is 42.9. The number of aliphatic hydroxyl groups is 3. The van der Waals surface area contributed by atoms with Gasteiger partial charge in [-0.1, -0.05) is 198 Å². The van der Waals surface area contributed by atoms with Gasteiger partial charge in [0.15, 0.2) is 6.10 Å². The van der Waals surface area contributed by atoms with Gasteiger partial charge in [-0.05, 0) is 123 Å². The molecule has 2 fully saturated rings. The van der Waals surface area contributed by atoms with E-state index in [0.29, 0.717) is 84.3 Å². The number of carbonyl (C=O) groups excluding carboxylic acids is 8. The molecule has 5 aromatic carbocycles. The van der Waals surface area contributed by atoms with Crippen LogP contribution in [0, 0.1) is 0 Å². The molecule has 0 unspecified atom stereocenters. The fourth-order valence-electron chi connectivity index (χ4n) is 13.6. The maximum Gasteiger partial charge on any atom is 0.407 e. The largest absolute Gasteiger partial charge is 0.459 e. The fraction of sp³-hybridized carbons (Fsp3) is 0.548. The Morgan fingerprint density at radius 2 is 0.906 bits per heavy atom. The van der Waals surface area contributed by atoms with Crippen LogP contribution in [0.5, 0.6) is 0 Å². The van der Waals surface area contributed by atoms with Gasteiger partial charge in [-0.3, -0.25) is 33.8 Å². The van der Waals surface area contributed by atoms with Crippen molar-refractivity contribution < 1.29 is 82.1 Å². The Morgan fingerprint density at radius 3 is 1.44 bits per heavy atom. The van der Waals surface area contributed by atoms with E-state index in [4.69, 9.17) is 28.4 Å². The SMILES string of the molecule is CC(C)(C)OC(=O)CN1CCCN(CC(=O)OC(C)(C)C)CCN(C(=O)CCCCCCCCC[C@]2(O)O[C@H](COC(=O)c3ccccc3)[C@@H](OC(=O)c3ccccc3)[C@@](O)(C(=O)c3ccccc3)[C@]2(O)C(=O)c2ccccc2)CCCN(CCCCCCCCCCNC(=O)OCc2ccccc2)CC1. The smallest absolute Gasteiger partial charge is 0.407 e. The summed E-state index contributed by atoms with van der Waals surface area (Å²) in [7, 11) is 0. The van der Waals surface area contributed by atoms with Gasteiger partial charge in [-0.15, -0.1) is 0 Å². The lowest BCUT2D eigenvalue weighted by atomic mass is 9.62. The molecule has 22 nitrogen and oxygen atoms in total. The molecular formula is C84H115N5O17. The summed E-state index contributed by atoms with van der Waals surface area (Å²) in [6, 6.07) is 39.8. The van der Waals surface area contributed by atoms with Crippen LogP contribution in [0.25, 0.3) is 0 Å². The molecule has 22 heteroatoms. The lowest BCUT2D eigenvalue weighted by molar-refractivity contribution is -0.387. The average Bonchev–Trinajstić information content (AvgIpc) is 0.685. The summed E-state index contributed by atoms with van der Waals surface area (Å²) in [6.07, 6.45) is 8.93. The maximum atomic E-state index is 15.3. The van der Waals surface area contributed by atoms with Crippen LogP contribution >= 0.6 is 0 Å². The van der Waals surface area contributed by atoms with Crippen molar-refractivity contribution in [2.24, 2.45) is 0 Å². The summed E-state index contributed by atoms with van der Waals surface area (Å²) in [6.45, 7) is 16.7. The van der Waals surface area contributed by atoms with Crippen LogP contribution in [-0.2, 0) is 49.4 Å². The number of benzene rings is 5. The Bertz CT molecular complexity index is 3510. The minimum Gasteiger partial charge on any atom is -0.459 e. The molecule has 2 aliphatic rings. The predicted octanol–water partition coefficient (Wildman–Crippen LogP) is 12.2. The Morgan fingerprint density at radius 1 is 0.472 bits per heavy atom. The molecule has 0 aliphatic carbocycles. The first-order chi connectivity index (χ1) is 50.8.